The normalized spacial score (nSPS) is 12.1. The van der Waals surface area contributed by atoms with Gasteiger partial charge in [0.05, 0.1) is 41.2 Å². The second-order valence-electron chi connectivity index (χ2n) is 9.57. The number of pyridine rings is 3. The maximum Gasteiger partial charge on any atom is 0.228 e. The number of amides is 1. The van der Waals surface area contributed by atoms with Crippen molar-refractivity contribution in [1.29, 1.82) is 0 Å². The molecular formula is C32H26N8O. The number of aliphatic imine (C=N–C) groups is 1. The number of aromatic nitrogens is 6. The molecule has 0 atom stereocenters. The summed E-state index contributed by atoms with van der Waals surface area (Å²) in [4.78, 5) is 33.3. The summed E-state index contributed by atoms with van der Waals surface area (Å²) in [5, 5.41) is 12.5. The molecular weight excluding hydrogens is 512 g/mol. The lowest BCUT2D eigenvalue weighted by atomic mass is 10.1. The average molecular weight is 539 g/mol. The van der Waals surface area contributed by atoms with Crippen molar-refractivity contribution in [1.82, 2.24) is 35.5 Å². The third-order valence-corrected chi connectivity index (χ3v) is 6.66. The van der Waals surface area contributed by atoms with Crippen molar-refractivity contribution < 1.29 is 4.79 Å². The van der Waals surface area contributed by atoms with Crippen molar-refractivity contribution >= 4 is 40.0 Å². The number of hydrogen-bond acceptors (Lipinski definition) is 6. The predicted molar refractivity (Wildman–Crippen MR) is 162 cm³/mol. The lowest BCUT2D eigenvalue weighted by molar-refractivity contribution is -0.119. The Balaban J connectivity index is 1.32. The Morgan fingerprint density at radius 3 is 2.68 bits per heavy atom. The molecule has 9 heteroatoms. The molecule has 1 amide bonds. The van der Waals surface area contributed by atoms with E-state index in [9.17, 15) is 4.79 Å². The van der Waals surface area contributed by atoms with Gasteiger partial charge in [-0.05, 0) is 43.5 Å². The molecule has 0 aliphatic carbocycles. The minimum absolute atomic E-state index is 0.102. The highest BCUT2D eigenvalue weighted by Gasteiger charge is 2.16. The van der Waals surface area contributed by atoms with Crippen LogP contribution >= 0.6 is 0 Å². The molecule has 0 spiro atoms. The number of benzene rings is 1. The highest BCUT2D eigenvalue weighted by atomic mass is 16.1. The first-order chi connectivity index (χ1) is 20.1. The summed E-state index contributed by atoms with van der Waals surface area (Å²) < 4.78 is 0. The molecule has 5 heterocycles. The van der Waals surface area contributed by atoms with E-state index >= 15 is 0 Å². The fraction of sp³-hybridized carbons (Fsp3) is 0.0625. The van der Waals surface area contributed by atoms with Crippen LogP contribution in [0.15, 0.2) is 109 Å². The lowest BCUT2D eigenvalue weighted by Gasteiger charge is -2.08. The summed E-state index contributed by atoms with van der Waals surface area (Å²) in [6, 6.07) is 17.6. The Hall–Kier alpha value is -5.70. The fourth-order valence-corrected chi connectivity index (χ4v) is 4.80. The van der Waals surface area contributed by atoms with Crippen molar-refractivity contribution in [3.63, 3.8) is 0 Å². The molecule has 0 fully saturated rings. The summed E-state index contributed by atoms with van der Waals surface area (Å²) >= 11 is 0. The van der Waals surface area contributed by atoms with Gasteiger partial charge in [0.2, 0.25) is 5.91 Å². The third-order valence-electron chi connectivity index (χ3n) is 6.66. The first-order valence-electron chi connectivity index (χ1n) is 13.0. The molecule has 0 bridgehead atoms. The first-order valence-corrected chi connectivity index (χ1v) is 13.0. The van der Waals surface area contributed by atoms with Crippen LogP contribution in [0.25, 0.3) is 49.9 Å². The largest absolute Gasteiger partial charge is 0.352 e. The van der Waals surface area contributed by atoms with E-state index in [2.05, 4.69) is 53.2 Å². The number of H-pyrrole nitrogens is 2. The molecule has 200 valence electrons. The third kappa shape index (κ3) is 5.41. The molecule has 3 N–H and O–H groups in total. The summed E-state index contributed by atoms with van der Waals surface area (Å²) in [5.74, 6) is -0.102. The molecule has 1 aromatic carbocycles. The molecule has 0 saturated carbocycles. The fourth-order valence-electron chi connectivity index (χ4n) is 4.80. The number of carbonyl (C=O) groups is 1. The molecule has 0 radical (unpaired) electrons. The molecule has 0 saturated heterocycles. The number of aromatic amines is 2. The van der Waals surface area contributed by atoms with Gasteiger partial charge >= 0.3 is 0 Å². The van der Waals surface area contributed by atoms with E-state index in [0.717, 1.165) is 49.9 Å². The lowest BCUT2D eigenvalue weighted by Crippen LogP contribution is -2.23. The van der Waals surface area contributed by atoms with Crippen LogP contribution < -0.4 is 5.32 Å². The number of nitrogens with zero attached hydrogens (tertiary/aromatic N) is 5. The van der Waals surface area contributed by atoms with Crippen molar-refractivity contribution in [3.05, 3.63) is 115 Å². The van der Waals surface area contributed by atoms with Gasteiger partial charge in [0.25, 0.3) is 0 Å². The number of carbonyl (C=O) groups excluding carboxylic acids is 1. The summed E-state index contributed by atoms with van der Waals surface area (Å²) in [7, 11) is 0. The van der Waals surface area contributed by atoms with Gasteiger partial charge in [-0.1, -0.05) is 36.4 Å². The highest BCUT2D eigenvalue weighted by molar-refractivity contribution is 6.01. The van der Waals surface area contributed by atoms with Gasteiger partial charge in [0, 0.05) is 58.0 Å². The van der Waals surface area contributed by atoms with E-state index in [4.69, 9.17) is 0 Å². The zero-order chi connectivity index (χ0) is 28.2. The monoisotopic (exact) mass is 538 g/mol. The van der Waals surface area contributed by atoms with Crippen LogP contribution in [0.2, 0.25) is 0 Å². The minimum atomic E-state index is -0.102. The molecule has 0 aliphatic heterocycles. The van der Waals surface area contributed by atoms with Crippen LogP contribution in [0.4, 0.5) is 0 Å². The Kier molecular flexibility index (Phi) is 6.98. The van der Waals surface area contributed by atoms with E-state index in [1.807, 2.05) is 73.9 Å². The summed E-state index contributed by atoms with van der Waals surface area (Å²) in [6.45, 7) is 5.45. The zero-order valence-electron chi connectivity index (χ0n) is 22.3. The number of fused-ring (bicyclic) bond motifs is 2. The SMILES string of the molecule is C=N/C=C(\C=C(/C)NC(=O)Cc1ccccc1)c1cc2c(-c3cc4c(-c5cccnc5)cncc4[nH]3)n[nH]c2cn1. The Morgan fingerprint density at radius 1 is 1.00 bits per heavy atom. The Bertz CT molecular complexity index is 1930. The molecule has 41 heavy (non-hydrogen) atoms. The predicted octanol–water partition coefficient (Wildman–Crippen LogP) is 5.87. The van der Waals surface area contributed by atoms with Crippen molar-refractivity contribution in [3.8, 4) is 22.5 Å². The van der Waals surface area contributed by atoms with Crippen molar-refractivity contribution in [2.75, 3.05) is 0 Å². The van der Waals surface area contributed by atoms with Gasteiger partial charge in [0.15, 0.2) is 0 Å². The molecule has 0 aliphatic rings. The topological polar surface area (TPSA) is 125 Å². The minimum Gasteiger partial charge on any atom is -0.352 e. The van der Waals surface area contributed by atoms with Gasteiger partial charge in [-0.15, -0.1) is 0 Å². The maximum absolute atomic E-state index is 12.6. The van der Waals surface area contributed by atoms with Gasteiger partial charge in [-0.3, -0.25) is 29.8 Å². The Labute approximate surface area is 235 Å². The maximum atomic E-state index is 12.6. The molecule has 6 rings (SSSR count). The Morgan fingerprint density at radius 2 is 1.88 bits per heavy atom. The second-order valence-corrected chi connectivity index (χ2v) is 9.57. The molecule has 5 aromatic heterocycles. The van der Waals surface area contributed by atoms with Crippen LogP contribution in [0.5, 0.6) is 0 Å². The van der Waals surface area contributed by atoms with Crippen molar-refractivity contribution in [2.24, 2.45) is 4.99 Å². The number of nitrogens with one attached hydrogen (secondary N) is 3. The van der Waals surface area contributed by atoms with E-state index in [-0.39, 0.29) is 12.3 Å². The van der Waals surface area contributed by atoms with Crippen LogP contribution in [-0.2, 0) is 11.2 Å². The van der Waals surface area contributed by atoms with E-state index in [1.54, 1.807) is 24.8 Å². The van der Waals surface area contributed by atoms with Crippen LogP contribution in [-0.4, -0.2) is 42.8 Å². The standard InChI is InChI=1S/C32H26N8O/c1-20(37-31(41)12-21-7-4-3-5-8-21)11-23(15-33-2)27-14-25-30(19-36-27)39-40-32(25)28-13-24-26(17-35-18-29(24)38-28)22-9-6-10-34-16-22/h3-11,13-19,38H,2,12H2,1H3,(H,37,41)(H,39,40)/b20-11+,23-15+. The van der Waals surface area contributed by atoms with Gasteiger partial charge < -0.3 is 10.3 Å². The van der Waals surface area contributed by atoms with E-state index in [0.29, 0.717) is 17.0 Å². The zero-order valence-corrected chi connectivity index (χ0v) is 22.3. The molecule has 6 aromatic rings. The van der Waals surface area contributed by atoms with E-state index < -0.39 is 0 Å². The summed E-state index contributed by atoms with van der Waals surface area (Å²) in [6.07, 6.45) is 12.7. The number of allylic oxidation sites excluding steroid dienone is 3. The first kappa shape index (κ1) is 25.6. The van der Waals surface area contributed by atoms with Crippen LogP contribution in [0, 0.1) is 0 Å². The van der Waals surface area contributed by atoms with E-state index in [1.165, 1.54) is 0 Å². The quantitative estimate of drug-likeness (QED) is 0.165. The van der Waals surface area contributed by atoms with Gasteiger partial charge in [-0.25, -0.2) is 0 Å². The number of rotatable bonds is 8. The van der Waals surface area contributed by atoms with Gasteiger partial charge in [0.1, 0.15) is 5.69 Å². The van der Waals surface area contributed by atoms with Gasteiger partial charge in [-0.2, -0.15) is 5.10 Å². The average Bonchev–Trinajstić information content (AvgIpc) is 3.61. The smallest absolute Gasteiger partial charge is 0.228 e. The van der Waals surface area contributed by atoms with Crippen LogP contribution in [0.3, 0.4) is 0 Å². The van der Waals surface area contributed by atoms with Crippen molar-refractivity contribution in [2.45, 2.75) is 13.3 Å². The van der Waals surface area contributed by atoms with Crippen LogP contribution in [0.1, 0.15) is 18.2 Å². The molecule has 9 nitrogen and oxygen atoms in total. The highest BCUT2D eigenvalue weighted by Crippen LogP contribution is 2.33. The summed E-state index contributed by atoms with van der Waals surface area (Å²) in [5.41, 5.74) is 8.22. The second kappa shape index (κ2) is 11.2. The number of hydrogen-bond donors (Lipinski definition) is 3. The molecule has 0 unspecified atom stereocenters.